The van der Waals surface area contributed by atoms with E-state index < -0.39 is 0 Å². The zero-order chi connectivity index (χ0) is 9.14. The minimum Gasteiger partial charge on any atom is -0.352 e. The van der Waals surface area contributed by atoms with Gasteiger partial charge < -0.3 is 11.1 Å². The summed E-state index contributed by atoms with van der Waals surface area (Å²) >= 11 is 0. The maximum absolute atomic E-state index is 11.3. The van der Waals surface area contributed by atoms with E-state index in [4.69, 9.17) is 5.73 Å². The van der Waals surface area contributed by atoms with Crippen molar-refractivity contribution in [3.05, 3.63) is 0 Å². The number of nitrogens with one attached hydrogen (secondary N) is 1. The van der Waals surface area contributed by atoms with Crippen LogP contribution in [0.2, 0.25) is 0 Å². The maximum atomic E-state index is 11.3. The average molecular weight is 170 g/mol. The Labute approximate surface area is 73.7 Å². The molecule has 3 heteroatoms. The third-order valence-electron chi connectivity index (χ3n) is 2.37. The Kier molecular flexibility index (Phi) is 3.09. The standard InChI is InChI=1S/C9H18N2O/c1-3-4-7(10)9(12)11-8-5-6(8)2/h6-8H,3-5,10H2,1-2H3,(H,11,12). The van der Waals surface area contributed by atoms with Crippen molar-refractivity contribution in [3.63, 3.8) is 0 Å². The van der Waals surface area contributed by atoms with Crippen molar-refractivity contribution >= 4 is 5.91 Å². The fourth-order valence-electron chi connectivity index (χ4n) is 1.26. The van der Waals surface area contributed by atoms with E-state index in [2.05, 4.69) is 12.2 Å². The monoisotopic (exact) mass is 170 g/mol. The molecular formula is C9H18N2O. The van der Waals surface area contributed by atoms with E-state index >= 15 is 0 Å². The summed E-state index contributed by atoms with van der Waals surface area (Å²) in [6.07, 6.45) is 2.87. The lowest BCUT2D eigenvalue weighted by Crippen LogP contribution is -2.41. The SMILES string of the molecule is CCCC(N)C(=O)NC1CC1C. The minimum absolute atomic E-state index is 0.0196. The van der Waals surface area contributed by atoms with Crippen molar-refractivity contribution in [2.24, 2.45) is 11.7 Å². The molecule has 70 valence electrons. The number of hydrogen-bond donors (Lipinski definition) is 2. The van der Waals surface area contributed by atoms with E-state index in [9.17, 15) is 4.79 Å². The molecule has 0 aromatic heterocycles. The highest BCUT2D eigenvalue weighted by atomic mass is 16.2. The fraction of sp³-hybridized carbons (Fsp3) is 0.889. The Balaban J connectivity index is 2.18. The topological polar surface area (TPSA) is 55.1 Å². The van der Waals surface area contributed by atoms with Crippen molar-refractivity contribution < 1.29 is 4.79 Å². The van der Waals surface area contributed by atoms with Crippen LogP contribution in [0, 0.1) is 5.92 Å². The predicted molar refractivity (Wildman–Crippen MR) is 48.6 cm³/mol. The molecule has 0 saturated heterocycles. The van der Waals surface area contributed by atoms with Gasteiger partial charge in [-0.15, -0.1) is 0 Å². The summed E-state index contributed by atoms with van der Waals surface area (Å²) in [6, 6.07) is 0.100. The van der Waals surface area contributed by atoms with Gasteiger partial charge in [0.2, 0.25) is 5.91 Å². The lowest BCUT2D eigenvalue weighted by molar-refractivity contribution is -0.122. The fourth-order valence-corrected chi connectivity index (χ4v) is 1.26. The van der Waals surface area contributed by atoms with Crippen LogP contribution in [0.1, 0.15) is 33.1 Å². The van der Waals surface area contributed by atoms with Gasteiger partial charge in [0.1, 0.15) is 0 Å². The first-order valence-corrected chi connectivity index (χ1v) is 4.71. The Morgan fingerprint density at radius 2 is 2.33 bits per heavy atom. The molecule has 0 radical (unpaired) electrons. The van der Waals surface area contributed by atoms with Crippen LogP contribution in [0.25, 0.3) is 0 Å². The summed E-state index contributed by atoms with van der Waals surface area (Å²) in [5.74, 6) is 0.675. The van der Waals surface area contributed by atoms with E-state index in [1.165, 1.54) is 0 Å². The number of hydrogen-bond acceptors (Lipinski definition) is 2. The van der Waals surface area contributed by atoms with Crippen LogP contribution in [0.15, 0.2) is 0 Å². The summed E-state index contributed by atoms with van der Waals surface area (Å²) in [7, 11) is 0. The van der Waals surface area contributed by atoms with Gasteiger partial charge in [-0.2, -0.15) is 0 Å². The van der Waals surface area contributed by atoms with Crippen molar-refractivity contribution in [3.8, 4) is 0 Å². The second-order valence-electron chi connectivity index (χ2n) is 3.72. The van der Waals surface area contributed by atoms with Gasteiger partial charge in [0.05, 0.1) is 6.04 Å². The van der Waals surface area contributed by atoms with Crippen LogP contribution in [0.3, 0.4) is 0 Å². The van der Waals surface area contributed by atoms with Crippen LogP contribution in [-0.2, 0) is 4.79 Å². The number of nitrogens with two attached hydrogens (primary N) is 1. The number of amides is 1. The third-order valence-corrected chi connectivity index (χ3v) is 2.37. The first-order chi connectivity index (χ1) is 5.65. The highest BCUT2D eigenvalue weighted by Gasteiger charge is 2.34. The summed E-state index contributed by atoms with van der Waals surface area (Å²) in [4.78, 5) is 11.3. The first-order valence-electron chi connectivity index (χ1n) is 4.71. The largest absolute Gasteiger partial charge is 0.352 e. The third kappa shape index (κ3) is 2.48. The molecule has 1 rings (SSSR count). The summed E-state index contributed by atoms with van der Waals surface area (Å²) in [5.41, 5.74) is 5.64. The summed E-state index contributed by atoms with van der Waals surface area (Å²) < 4.78 is 0. The Hall–Kier alpha value is -0.570. The van der Waals surface area contributed by atoms with Gasteiger partial charge in [-0.3, -0.25) is 4.79 Å². The molecule has 3 nitrogen and oxygen atoms in total. The molecule has 0 heterocycles. The van der Waals surface area contributed by atoms with Gasteiger partial charge in [-0.25, -0.2) is 0 Å². The van der Waals surface area contributed by atoms with E-state index in [1.807, 2.05) is 6.92 Å². The lowest BCUT2D eigenvalue weighted by atomic mass is 10.2. The van der Waals surface area contributed by atoms with Crippen molar-refractivity contribution in [1.29, 1.82) is 0 Å². The minimum atomic E-state index is -0.303. The summed E-state index contributed by atoms with van der Waals surface area (Å²) in [5, 5.41) is 2.92. The van der Waals surface area contributed by atoms with Crippen molar-refractivity contribution in [2.45, 2.75) is 45.2 Å². The molecule has 12 heavy (non-hydrogen) atoms. The van der Waals surface area contributed by atoms with Crippen LogP contribution in [0.5, 0.6) is 0 Å². The number of carbonyl (C=O) groups is 1. The molecule has 0 aliphatic heterocycles. The average Bonchev–Trinajstić information content (AvgIpc) is 2.67. The smallest absolute Gasteiger partial charge is 0.237 e. The van der Waals surface area contributed by atoms with E-state index in [-0.39, 0.29) is 11.9 Å². The highest BCUT2D eigenvalue weighted by Crippen LogP contribution is 2.28. The van der Waals surface area contributed by atoms with Crippen LogP contribution >= 0.6 is 0 Å². The summed E-state index contributed by atoms with van der Waals surface area (Å²) in [6.45, 7) is 4.17. The highest BCUT2D eigenvalue weighted by molar-refractivity contribution is 5.82. The normalized spacial score (nSPS) is 29.6. The molecule has 3 N–H and O–H groups in total. The van der Waals surface area contributed by atoms with Gasteiger partial charge in [0.25, 0.3) is 0 Å². The maximum Gasteiger partial charge on any atom is 0.237 e. The van der Waals surface area contributed by atoms with E-state index in [1.54, 1.807) is 0 Å². The van der Waals surface area contributed by atoms with Gasteiger partial charge in [0, 0.05) is 6.04 Å². The van der Waals surface area contributed by atoms with Gasteiger partial charge in [-0.1, -0.05) is 20.3 Å². The van der Waals surface area contributed by atoms with E-state index in [0.29, 0.717) is 12.0 Å². The number of carbonyl (C=O) groups excluding carboxylic acids is 1. The van der Waals surface area contributed by atoms with Crippen molar-refractivity contribution in [1.82, 2.24) is 5.32 Å². The zero-order valence-electron chi connectivity index (χ0n) is 7.84. The molecule has 1 aliphatic carbocycles. The molecule has 0 aromatic rings. The molecule has 0 aromatic carbocycles. The van der Waals surface area contributed by atoms with Crippen LogP contribution < -0.4 is 11.1 Å². The Bertz CT molecular complexity index is 170. The Morgan fingerprint density at radius 1 is 1.75 bits per heavy atom. The second-order valence-corrected chi connectivity index (χ2v) is 3.72. The quantitative estimate of drug-likeness (QED) is 0.650. The lowest BCUT2D eigenvalue weighted by Gasteiger charge is -2.10. The molecule has 1 saturated carbocycles. The second kappa shape index (κ2) is 3.90. The molecule has 1 fully saturated rings. The Morgan fingerprint density at radius 3 is 2.75 bits per heavy atom. The van der Waals surface area contributed by atoms with Gasteiger partial charge >= 0.3 is 0 Å². The van der Waals surface area contributed by atoms with Gasteiger partial charge in [0.15, 0.2) is 0 Å². The molecule has 0 spiro atoms. The van der Waals surface area contributed by atoms with Gasteiger partial charge in [-0.05, 0) is 18.8 Å². The van der Waals surface area contributed by atoms with E-state index in [0.717, 1.165) is 19.3 Å². The van der Waals surface area contributed by atoms with Crippen molar-refractivity contribution in [2.75, 3.05) is 0 Å². The molecule has 1 aliphatic rings. The van der Waals surface area contributed by atoms with Crippen LogP contribution in [-0.4, -0.2) is 18.0 Å². The molecular weight excluding hydrogens is 152 g/mol. The van der Waals surface area contributed by atoms with Crippen LogP contribution in [0.4, 0.5) is 0 Å². The molecule has 3 unspecified atom stereocenters. The molecule has 0 bridgehead atoms. The zero-order valence-corrected chi connectivity index (χ0v) is 7.84. The number of rotatable bonds is 4. The predicted octanol–water partition coefficient (Wildman–Crippen LogP) is 0.638. The molecule has 1 amide bonds. The first kappa shape index (κ1) is 9.52. The molecule has 3 atom stereocenters.